The topological polar surface area (TPSA) is 6.48 Å². The van der Waals surface area contributed by atoms with Crippen molar-refractivity contribution in [3.8, 4) is 0 Å². The summed E-state index contributed by atoms with van der Waals surface area (Å²) in [5.41, 5.74) is 0. The summed E-state index contributed by atoms with van der Waals surface area (Å²) in [6.45, 7) is 10.5. The first-order chi connectivity index (χ1) is 7.26. The van der Waals surface area contributed by atoms with Gasteiger partial charge in [-0.1, -0.05) is 40.0 Å². The molecule has 0 aliphatic rings. The Hall–Kier alpha value is -0.0800. The molecule has 0 spiro atoms. The van der Waals surface area contributed by atoms with Crippen LogP contribution in [0.1, 0.15) is 59.3 Å². The van der Waals surface area contributed by atoms with Gasteiger partial charge in [-0.2, -0.15) is 0 Å². The monoisotopic (exact) mass is 214 g/mol. The Bertz CT molecular complexity index is 118. The predicted molar refractivity (Wildman–Crippen MR) is 68.9 cm³/mol. The van der Waals surface area contributed by atoms with Crippen molar-refractivity contribution in [3.63, 3.8) is 0 Å². The van der Waals surface area contributed by atoms with Crippen molar-refractivity contribution in [3.05, 3.63) is 0 Å². The Labute approximate surface area is 96.6 Å². The van der Waals surface area contributed by atoms with Crippen molar-refractivity contribution < 1.29 is 0 Å². The SMILES string of the molecule is CCCCN(C)N(CCCC)CCCC. The lowest BCUT2D eigenvalue weighted by atomic mass is 10.3. The second kappa shape index (κ2) is 10.4. The normalized spacial score (nSPS) is 11.6. The number of unbranched alkanes of at least 4 members (excludes halogenated alkanes) is 3. The molecule has 0 aromatic rings. The van der Waals surface area contributed by atoms with Crippen molar-refractivity contribution in [1.29, 1.82) is 0 Å². The van der Waals surface area contributed by atoms with E-state index >= 15 is 0 Å². The molecule has 0 aliphatic carbocycles. The van der Waals surface area contributed by atoms with Crippen LogP contribution in [0.25, 0.3) is 0 Å². The standard InChI is InChI=1S/C13H30N2/c1-5-8-11-14(4)15(12-9-6-2)13-10-7-3/h5-13H2,1-4H3. The predicted octanol–water partition coefficient (Wildman–Crippen LogP) is 3.54. The van der Waals surface area contributed by atoms with E-state index in [0.717, 1.165) is 0 Å². The minimum Gasteiger partial charge on any atom is -0.245 e. The van der Waals surface area contributed by atoms with Gasteiger partial charge in [0.25, 0.3) is 0 Å². The maximum Gasteiger partial charge on any atom is 0.0133 e. The first-order valence-corrected chi connectivity index (χ1v) is 6.72. The van der Waals surface area contributed by atoms with Gasteiger partial charge in [0.15, 0.2) is 0 Å². The molecule has 0 aromatic carbocycles. The molecule has 2 heteroatoms. The fourth-order valence-corrected chi connectivity index (χ4v) is 1.66. The van der Waals surface area contributed by atoms with Crippen LogP contribution in [-0.2, 0) is 0 Å². The van der Waals surface area contributed by atoms with Crippen LogP contribution in [0.3, 0.4) is 0 Å². The number of hydrogen-bond acceptors (Lipinski definition) is 2. The summed E-state index contributed by atoms with van der Waals surface area (Å²) in [7, 11) is 2.24. The largest absolute Gasteiger partial charge is 0.245 e. The molecular weight excluding hydrogens is 184 g/mol. The molecular formula is C13H30N2. The van der Waals surface area contributed by atoms with Crippen molar-refractivity contribution >= 4 is 0 Å². The number of hydrazine groups is 1. The van der Waals surface area contributed by atoms with E-state index in [-0.39, 0.29) is 0 Å². The molecule has 92 valence electrons. The summed E-state index contributed by atoms with van der Waals surface area (Å²) in [6, 6.07) is 0. The van der Waals surface area contributed by atoms with E-state index in [1.54, 1.807) is 0 Å². The molecule has 0 unspecified atom stereocenters. The van der Waals surface area contributed by atoms with Gasteiger partial charge in [-0.15, -0.1) is 0 Å². The summed E-state index contributed by atoms with van der Waals surface area (Å²) in [4.78, 5) is 0. The van der Waals surface area contributed by atoms with Gasteiger partial charge in [-0.05, 0) is 19.3 Å². The van der Waals surface area contributed by atoms with Crippen molar-refractivity contribution in [2.75, 3.05) is 26.7 Å². The Kier molecular flexibility index (Phi) is 10.4. The van der Waals surface area contributed by atoms with E-state index in [2.05, 4.69) is 37.8 Å². The fourth-order valence-electron chi connectivity index (χ4n) is 1.66. The highest BCUT2D eigenvalue weighted by molar-refractivity contribution is 4.55. The Morgan fingerprint density at radius 1 is 0.667 bits per heavy atom. The smallest absolute Gasteiger partial charge is 0.0133 e. The van der Waals surface area contributed by atoms with Crippen LogP contribution in [0, 0.1) is 0 Å². The first-order valence-electron chi connectivity index (χ1n) is 6.72. The third-order valence-electron chi connectivity index (χ3n) is 2.86. The molecule has 0 aromatic heterocycles. The van der Waals surface area contributed by atoms with E-state index in [1.165, 1.54) is 58.2 Å². The van der Waals surface area contributed by atoms with Crippen LogP contribution < -0.4 is 0 Å². The Morgan fingerprint density at radius 3 is 1.47 bits per heavy atom. The summed E-state index contributed by atoms with van der Waals surface area (Å²) in [6.07, 6.45) is 7.83. The molecule has 0 atom stereocenters. The number of rotatable bonds is 10. The van der Waals surface area contributed by atoms with Crippen LogP contribution in [-0.4, -0.2) is 36.7 Å². The minimum atomic E-state index is 1.21. The van der Waals surface area contributed by atoms with Gasteiger partial charge in [-0.3, -0.25) is 0 Å². The molecule has 2 nitrogen and oxygen atoms in total. The van der Waals surface area contributed by atoms with E-state index in [9.17, 15) is 0 Å². The number of hydrogen-bond donors (Lipinski definition) is 0. The maximum atomic E-state index is 2.53. The van der Waals surface area contributed by atoms with Gasteiger partial charge >= 0.3 is 0 Å². The third kappa shape index (κ3) is 7.80. The van der Waals surface area contributed by atoms with Gasteiger partial charge in [0, 0.05) is 26.7 Å². The first kappa shape index (κ1) is 14.9. The van der Waals surface area contributed by atoms with Gasteiger partial charge in [0.2, 0.25) is 0 Å². The average Bonchev–Trinajstić information content (AvgIpc) is 2.26. The van der Waals surface area contributed by atoms with E-state index in [4.69, 9.17) is 0 Å². The van der Waals surface area contributed by atoms with Gasteiger partial charge in [-0.25, -0.2) is 10.0 Å². The Morgan fingerprint density at radius 2 is 1.07 bits per heavy atom. The van der Waals surface area contributed by atoms with E-state index in [1.807, 2.05) is 0 Å². The van der Waals surface area contributed by atoms with Crippen molar-refractivity contribution in [2.24, 2.45) is 0 Å². The molecule has 0 fully saturated rings. The maximum absolute atomic E-state index is 2.53. The Balaban J connectivity index is 3.84. The van der Waals surface area contributed by atoms with Crippen LogP contribution >= 0.6 is 0 Å². The second-order valence-corrected chi connectivity index (χ2v) is 4.40. The number of nitrogens with zero attached hydrogens (tertiary/aromatic N) is 2. The zero-order chi connectivity index (χ0) is 11.5. The highest BCUT2D eigenvalue weighted by Gasteiger charge is 2.08. The summed E-state index contributed by atoms with van der Waals surface area (Å²) in [5, 5.41) is 4.96. The quantitative estimate of drug-likeness (QED) is 0.513. The summed E-state index contributed by atoms with van der Waals surface area (Å²) >= 11 is 0. The molecule has 0 heterocycles. The van der Waals surface area contributed by atoms with E-state index < -0.39 is 0 Å². The van der Waals surface area contributed by atoms with Crippen LogP contribution in [0.2, 0.25) is 0 Å². The molecule has 0 rings (SSSR count). The molecule has 0 radical (unpaired) electrons. The lowest BCUT2D eigenvalue weighted by molar-refractivity contribution is -0.00383. The van der Waals surface area contributed by atoms with Crippen LogP contribution in [0.5, 0.6) is 0 Å². The molecule has 0 saturated carbocycles. The van der Waals surface area contributed by atoms with Gasteiger partial charge in [0.05, 0.1) is 0 Å². The molecule has 0 N–H and O–H groups in total. The molecule has 0 amide bonds. The molecule has 0 aliphatic heterocycles. The lowest BCUT2D eigenvalue weighted by Crippen LogP contribution is -2.41. The average molecular weight is 214 g/mol. The minimum absolute atomic E-state index is 1.21. The molecule has 0 saturated heterocycles. The third-order valence-corrected chi connectivity index (χ3v) is 2.86. The fraction of sp³-hybridized carbons (Fsp3) is 1.00. The van der Waals surface area contributed by atoms with Gasteiger partial charge in [0.1, 0.15) is 0 Å². The molecule has 0 bridgehead atoms. The second-order valence-electron chi connectivity index (χ2n) is 4.40. The van der Waals surface area contributed by atoms with Gasteiger partial charge < -0.3 is 0 Å². The zero-order valence-corrected chi connectivity index (χ0v) is 11.3. The van der Waals surface area contributed by atoms with Crippen molar-refractivity contribution in [2.45, 2.75) is 59.3 Å². The van der Waals surface area contributed by atoms with Crippen LogP contribution in [0.4, 0.5) is 0 Å². The zero-order valence-electron chi connectivity index (χ0n) is 11.3. The highest BCUT2D eigenvalue weighted by atomic mass is 15.6. The summed E-state index contributed by atoms with van der Waals surface area (Å²) < 4.78 is 0. The lowest BCUT2D eigenvalue weighted by Gasteiger charge is -2.32. The van der Waals surface area contributed by atoms with Crippen molar-refractivity contribution in [1.82, 2.24) is 10.0 Å². The van der Waals surface area contributed by atoms with E-state index in [0.29, 0.717) is 0 Å². The highest BCUT2D eigenvalue weighted by Crippen LogP contribution is 2.04. The molecule has 15 heavy (non-hydrogen) atoms. The summed E-state index contributed by atoms with van der Waals surface area (Å²) in [5.74, 6) is 0. The van der Waals surface area contributed by atoms with Crippen LogP contribution in [0.15, 0.2) is 0 Å².